The minimum atomic E-state index is -1.33. The predicted molar refractivity (Wildman–Crippen MR) is 28.8 cm³/mol. The van der Waals surface area contributed by atoms with Crippen molar-refractivity contribution in [1.82, 2.24) is 0 Å². The molecule has 1 atom stereocenters. The van der Waals surface area contributed by atoms with Crippen LogP contribution >= 0.6 is 0 Å². The highest BCUT2D eigenvalue weighted by molar-refractivity contribution is 6.26. The van der Waals surface area contributed by atoms with E-state index in [9.17, 15) is 9.59 Å². The largest absolute Gasteiger partial charge is 0.396 e. The Hall–Kier alpha value is -0.740. The van der Waals surface area contributed by atoms with Crippen molar-refractivity contribution < 1.29 is 19.8 Å². The van der Waals surface area contributed by atoms with E-state index in [1.165, 1.54) is 0 Å². The first-order valence-corrected chi connectivity index (χ1v) is 2.50. The van der Waals surface area contributed by atoms with E-state index in [4.69, 9.17) is 10.2 Å². The van der Waals surface area contributed by atoms with Gasteiger partial charge < -0.3 is 10.2 Å². The fourth-order valence-electron chi connectivity index (χ4n) is 0.343. The molecule has 2 N–H and O–H groups in total. The summed E-state index contributed by atoms with van der Waals surface area (Å²) in [5.74, 6) is -0.885. The number of carbonyl (C=O) groups is 2. The van der Waals surface area contributed by atoms with Gasteiger partial charge in [0, 0.05) is 13.0 Å². The molecule has 0 saturated heterocycles. The Morgan fingerprint density at radius 1 is 1.67 bits per heavy atom. The summed E-state index contributed by atoms with van der Waals surface area (Å²) in [6, 6.07) is 0. The standard InChI is InChI=1S/C5H8O4/c6-2-1-4(8)5(9)3-7/h3-4,6,8H,1-2H2. The lowest BCUT2D eigenvalue weighted by Gasteiger charge is -1.99. The van der Waals surface area contributed by atoms with E-state index in [2.05, 4.69) is 0 Å². The third-order valence-corrected chi connectivity index (χ3v) is 0.847. The third kappa shape index (κ3) is 2.94. The van der Waals surface area contributed by atoms with Crippen LogP contribution < -0.4 is 0 Å². The summed E-state index contributed by atoms with van der Waals surface area (Å²) >= 11 is 0. The minimum Gasteiger partial charge on any atom is -0.396 e. The highest BCUT2D eigenvalue weighted by Crippen LogP contribution is 1.88. The van der Waals surface area contributed by atoms with Crippen LogP contribution in [-0.4, -0.2) is 35.0 Å². The van der Waals surface area contributed by atoms with Crippen LogP contribution in [0.2, 0.25) is 0 Å². The van der Waals surface area contributed by atoms with E-state index in [1.54, 1.807) is 0 Å². The van der Waals surface area contributed by atoms with Crippen molar-refractivity contribution in [3.63, 3.8) is 0 Å². The molecule has 0 saturated carbocycles. The zero-order valence-electron chi connectivity index (χ0n) is 4.78. The maximum absolute atomic E-state index is 10.2. The monoisotopic (exact) mass is 132 g/mol. The van der Waals surface area contributed by atoms with E-state index >= 15 is 0 Å². The number of aliphatic hydroxyl groups is 2. The Bertz CT molecular complexity index is 110. The molecule has 0 aliphatic rings. The van der Waals surface area contributed by atoms with E-state index in [0.29, 0.717) is 0 Å². The van der Waals surface area contributed by atoms with Gasteiger partial charge in [-0.2, -0.15) is 0 Å². The number of Topliss-reactive ketones (excluding diaryl/α,β-unsaturated/α-hetero) is 1. The molecule has 0 heterocycles. The smallest absolute Gasteiger partial charge is 0.223 e. The minimum absolute atomic E-state index is 0.0420. The van der Waals surface area contributed by atoms with Crippen LogP contribution in [0.3, 0.4) is 0 Å². The normalized spacial score (nSPS) is 12.7. The first-order valence-electron chi connectivity index (χ1n) is 2.50. The molecular formula is C5H8O4. The summed E-state index contributed by atoms with van der Waals surface area (Å²) in [6.45, 7) is -0.291. The number of ketones is 1. The average molecular weight is 132 g/mol. The quantitative estimate of drug-likeness (QED) is 0.360. The summed E-state index contributed by atoms with van der Waals surface area (Å²) in [5.41, 5.74) is 0. The van der Waals surface area contributed by atoms with Gasteiger partial charge in [0.05, 0.1) is 0 Å². The molecule has 0 fully saturated rings. The molecule has 0 aliphatic heterocycles. The van der Waals surface area contributed by atoms with Crippen molar-refractivity contribution in [2.45, 2.75) is 12.5 Å². The van der Waals surface area contributed by atoms with Gasteiger partial charge in [-0.25, -0.2) is 0 Å². The average Bonchev–Trinajstić information content (AvgIpc) is 1.87. The van der Waals surface area contributed by atoms with Crippen LogP contribution in [0.15, 0.2) is 0 Å². The molecule has 0 rings (SSSR count). The van der Waals surface area contributed by atoms with Crippen molar-refractivity contribution in [3.8, 4) is 0 Å². The zero-order chi connectivity index (χ0) is 7.28. The Balaban J connectivity index is 3.58. The van der Waals surface area contributed by atoms with Gasteiger partial charge in [0.25, 0.3) is 0 Å². The van der Waals surface area contributed by atoms with E-state index in [1.807, 2.05) is 0 Å². The SMILES string of the molecule is O=CC(=O)C(O)CCO. The van der Waals surface area contributed by atoms with Crippen LogP contribution in [0, 0.1) is 0 Å². The lowest BCUT2D eigenvalue weighted by molar-refractivity contribution is -0.136. The Labute approximate surface area is 52.1 Å². The summed E-state index contributed by atoms with van der Waals surface area (Å²) in [7, 11) is 0. The fourth-order valence-corrected chi connectivity index (χ4v) is 0.343. The number of aldehydes is 1. The van der Waals surface area contributed by atoms with E-state index in [-0.39, 0.29) is 19.3 Å². The van der Waals surface area contributed by atoms with Gasteiger partial charge in [-0.1, -0.05) is 0 Å². The van der Waals surface area contributed by atoms with Gasteiger partial charge >= 0.3 is 0 Å². The van der Waals surface area contributed by atoms with Gasteiger partial charge in [-0.05, 0) is 0 Å². The second-order valence-corrected chi connectivity index (χ2v) is 1.55. The van der Waals surface area contributed by atoms with Gasteiger partial charge in [0.2, 0.25) is 5.78 Å². The van der Waals surface area contributed by atoms with Crippen molar-refractivity contribution in [1.29, 1.82) is 0 Å². The van der Waals surface area contributed by atoms with Crippen molar-refractivity contribution in [3.05, 3.63) is 0 Å². The number of hydrogen-bond donors (Lipinski definition) is 2. The van der Waals surface area contributed by atoms with Crippen LogP contribution in [0.25, 0.3) is 0 Å². The highest BCUT2D eigenvalue weighted by Gasteiger charge is 2.11. The summed E-state index contributed by atoms with van der Waals surface area (Å²) in [4.78, 5) is 19.8. The van der Waals surface area contributed by atoms with Crippen LogP contribution in [0.1, 0.15) is 6.42 Å². The molecule has 0 aromatic heterocycles. The molecule has 0 bridgehead atoms. The molecule has 52 valence electrons. The first kappa shape index (κ1) is 8.26. The van der Waals surface area contributed by atoms with Crippen molar-refractivity contribution in [2.24, 2.45) is 0 Å². The second-order valence-electron chi connectivity index (χ2n) is 1.55. The number of aliphatic hydroxyl groups excluding tert-OH is 2. The van der Waals surface area contributed by atoms with Crippen LogP contribution in [-0.2, 0) is 9.59 Å². The molecule has 0 aromatic carbocycles. The topological polar surface area (TPSA) is 74.6 Å². The summed E-state index contributed by atoms with van der Waals surface area (Å²) in [6.07, 6.45) is -1.36. The van der Waals surface area contributed by atoms with E-state index in [0.717, 1.165) is 0 Å². The molecule has 0 spiro atoms. The number of hydrogen-bond acceptors (Lipinski definition) is 4. The third-order valence-electron chi connectivity index (χ3n) is 0.847. The maximum atomic E-state index is 10.2. The number of rotatable bonds is 4. The van der Waals surface area contributed by atoms with Gasteiger partial charge in [-0.3, -0.25) is 9.59 Å². The molecule has 9 heavy (non-hydrogen) atoms. The maximum Gasteiger partial charge on any atom is 0.223 e. The summed E-state index contributed by atoms with van der Waals surface area (Å²) < 4.78 is 0. The molecular weight excluding hydrogens is 124 g/mol. The number of carbonyl (C=O) groups excluding carboxylic acids is 2. The predicted octanol–water partition coefficient (Wildman–Crippen LogP) is -1.50. The first-order chi connectivity index (χ1) is 4.22. The van der Waals surface area contributed by atoms with Crippen molar-refractivity contribution in [2.75, 3.05) is 6.61 Å². The van der Waals surface area contributed by atoms with Gasteiger partial charge in [-0.15, -0.1) is 0 Å². The molecule has 0 aliphatic carbocycles. The Morgan fingerprint density at radius 2 is 2.22 bits per heavy atom. The van der Waals surface area contributed by atoms with Crippen LogP contribution in [0.4, 0.5) is 0 Å². The van der Waals surface area contributed by atoms with Crippen molar-refractivity contribution >= 4 is 12.1 Å². The Morgan fingerprint density at radius 3 is 2.56 bits per heavy atom. The molecule has 1 unspecified atom stereocenters. The lowest BCUT2D eigenvalue weighted by atomic mass is 10.2. The van der Waals surface area contributed by atoms with Crippen LogP contribution in [0.5, 0.6) is 0 Å². The molecule has 0 amide bonds. The molecule has 4 nitrogen and oxygen atoms in total. The molecule has 0 radical (unpaired) electrons. The van der Waals surface area contributed by atoms with Gasteiger partial charge in [0.15, 0.2) is 6.29 Å². The second kappa shape index (κ2) is 4.17. The van der Waals surface area contributed by atoms with E-state index < -0.39 is 11.9 Å². The highest BCUT2D eigenvalue weighted by atomic mass is 16.3. The summed E-state index contributed by atoms with van der Waals surface area (Å²) in [5, 5.41) is 16.7. The molecule has 0 aromatic rings. The van der Waals surface area contributed by atoms with Gasteiger partial charge in [0.1, 0.15) is 6.10 Å². The fraction of sp³-hybridized carbons (Fsp3) is 0.600. The Kier molecular flexibility index (Phi) is 3.83. The molecule has 4 heteroatoms. The lowest BCUT2D eigenvalue weighted by Crippen LogP contribution is -2.22. The zero-order valence-corrected chi connectivity index (χ0v) is 4.78.